The first-order valence-corrected chi connectivity index (χ1v) is 10.3. The molecule has 6 heteroatoms. The van der Waals surface area contributed by atoms with Crippen LogP contribution in [-0.4, -0.2) is 26.7 Å². The molecule has 1 fully saturated rings. The molecule has 4 rings (SSSR count). The molecule has 3 aromatic heterocycles. The van der Waals surface area contributed by atoms with Crippen molar-refractivity contribution in [3.05, 3.63) is 53.3 Å². The van der Waals surface area contributed by atoms with Crippen LogP contribution in [0.1, 0.15) is 42.2 Å². The minimum atomic E-state index is 0.315. The van der Waals surface area contributed by atoms with E-state index in [-0.39, 0.29) is 0 Å². The summed E-state index contributed by atoms with van der Waals surface area (Å²) in [7, 11) is 0. The molecule has 0 bridgehead atoms. The fourth-order valence-corrected chi connectivity index (χ4v) is 4.62. The van der Waals surface area contributed by atoms with Gasteiger partial charge in [-0.15, -0.1) is 11.3 Å². The first kappa shape index (κ1) is 18.1. The van der Waals surface area contributed by atoms with Crippen LogP contribution in [0.3, 0.4) is 0 Å². The van der Waals surface area contributed by atoms with Crippen LogP contribution in [-0.2, 0) is 0 Å². The van der Waals surface area contributed by atoms with Crippen molar-refractivity contribution < 1.29 is 5.11 Å². The van der Waals surface area contributed by atoms with Gasteiger partial charge in [-0.25, -0.2) is 15.0 Å². The molecule has 0 radical (unpaired) electrons. The first-order chi connectivity index (χ1) is 13.2. The average molecular weight is 381 g/mol. The number of hydrogen-bond acceptors (Lipinski definition) is 6. The molecule has 0 amide bonds. The zero-order chi connectivity index (χ0) is 18.6. The van der Waals surface area contributed by atoms with Crippen molar-refractivity contribution in [1.82, 2.24) is 15.0 Å². The second-order valence-electron chi connectivity index (χ2n) is 7.21. The van der Waals surface area contributed by atoms with Crippen molar-refractivity contribution in [3.8, 4) is 10.6 Å². The summed E-state index contributed by atoms with van der Waals surface area (Å²) < 4.78 is 0. The Bertz CT molecular complexity index is 902. The van der Waals surface area contributed by atoms with Crippen molar-refractivity contribution >= 4 is 23.0 Å². The number of thiazole rings is 1. The van der Waals surface area contributed by atoms with Crippen LogP contribution in [0.25, 0.3) is 10.6 Å². The lowest BCUT2D eigenvalue weighted by atomic mass is 9.83. The Morgan fingerprint density at radius 2 is 1.96 bits per heavy atom. The SMILES string of the molecule is Cc1ccnc(Nc2cccc(-c3cnc(C4CCC(CO)CC4)s3)n2)c1. The maximum absolute atomic E-state index is 9.32. The fraction of sp³-hybridized carbons (Fsp3) is 0.381. The number of aliphatic hydroxyl groups is 1. The van der Waals surface area contributed by atoms with Crippen LogP contribution in [0, 0.1) is 12.8 Å². The molecule has 5 nitrogen and oxygen atoms in total. The van der Waals surface area contributed by atoms with E-state index in [9.17, 15) is 5.11 Å². The Hall–Kier alpha value is -2.31. The fourth-order valence-electron chi connectivity index (χ4n) is 3.56. The summed E-state index contributed by atoms with van der Waals surface area (Å²) in [6, 6.07) is 9.95. The van der Waals surface area contributed by atoms with Gasteiger partial charge in [-0.3, -0.25) is 0 Å². The van der Waals surface area contributed by atoms with E-state index in [1.807, 2.05) is 43.5 Å². The van der Waals surface area contributed by atoms with Crippen LogP contribution in [0.5, 0.6) is 0 Å². The Morgan fingerprint density at radius 1 is 1.11 bits per heavy atom. The molecule has 0 atom stereocenters. The smallest absolute Gasteiger partial charge is 0.132 e. The topological polar surface area (TPSA) is 70.9 Å². The zero-order valence-electron chi connectivity index (χ0n) is 15.4. The number of anilines is 2. The largest absolute Gasteiger partial charge is 0.396 e. The van der Waals surface area contributed by atoms with Gasteiger partial charge in [0.1, 0.15) is 11.6 Å². The quantitative estimate of drug-likeness (QED) is 0.657. The normalized spacial score (nSPS) is 19.8. The van der Waals surface area contributed by atoms with Crippen molar-refractivity contribution in [2.24, 2.45) is 5.92 Å². The highest BCUT2D eigenvalue weighted by atomic mass is 32.1. The number of pyridine rings is 2. The van der Waals surface area contributed by atoms with Crippen molar-refractivity contribution in [2.45, 2.75) is 38.5 Å². The summed E-state index contributed by atoms with van der Waals surface area (Å²) >= 11 is 1.74. The van der Waals surface area contributed by atoms with Crippen LogP contribution < -0.4 is 5.32 Å². The summed E-state index contributed by atoms with van der Waals surface area (Å²) in [5.41, 5.74) is 2.09. The average Bonchev–Trinajstić information content (AvgIpc) is 3.19. The van der Waals surface area contributed by atoms with Gasteiger partial charge in [0.15, 0.2) is 0 Å². The highest BCUT2D eigenvalue weighted by Crippen LogP contribution is 2.39. The maximum Gasteiger partial charge on any atom is 0.132 e. The summed E-state index contributed by atoms with van der Waals surface area (Å²) in [4.78, 5) is 14.8. The van der Waals surface area contributed by atoms with E-state index in [0.717, 1.165) is 53.5 Å². The van der Waals surface area contributed by atoms with E-state index in [1.54, 1.807) is 17.5 Å². The lowest BCUT2D eigenvalue weighted by molar-refractivity contribution is 0.182. The van der Waals surface area contributed by atoms with Crippen molar-refractivity contribution in [3.63, 3.8) is 0 Å². The van der Waals surface area contributed by atoms with E-state index in [0.29, 0.717) is 18.4 Å². The van der Waals surface area contributed by atoms with Gasteiger partial charge in [0.25, 0.3) is 0 Å². The summed E-state index contributed by atoms with van der Waals surface area (Å²) in [5.74, 6) is 2.57. The van der Waals surface area contributed by atoms with E-state index in [4.69, 9.17) is 4.98 Å². The number of rotatable bonds is 5. The zero-order valence-corrected chi connectivity index (χ0v) is 16.2. The third-order valence-corrected chi connectivity index (χ3v) is 6.33. The molecule has 0 aromatic carbocycles. The van der Waals surface area contributed by atoms with E-state index < -0.39 is 0 Å². The lowest BCUT2D eigenvalue weighted by Gasteiger charge is -2.25. The number of nitrogens with one attached hydrogen (secondary N) is 1. The molecular formula is C21H24N4OS. The molecule has 0 aliphatic heterocycles. The molecule has 140 valence electrons. The van der Waals surface area contributed by atoms with Gasteiger partial charge in [0.05, 0.1) is 15.6 Å². The Kier molecular flexibility index (Phi) is 5.45. The van der Waals surface area contributed by atoms with Crippen LogP contribution in [0.15, 0.2) is 42.7 Å². The third kappa shape index (κ3) is 4.34. The van der Waals surface area contributed by atoms with Gasteiger partial charge >= 0.3 is 0 Å². The third-order valence-electron chi connectivity index (χ3n) is 5.15. The Morgan fingerprint density at radius 3 is 2.74 bits per heavy atom. The number of hydrogen-bond donors (Lipinski definition) is 2. The molecule has 1 saturated carbocycles. The second-order valence-corrected chi connectivity index (χ2v) is 8.28. The number of aryl methyl sites for hydroxylation is 1. The van der Waals surface area contributed by atoms with Gasteiger partial charge in [0, 0.05) is 24.9 Å². The van der Waals surface area contributed by atoms with Crippen molar-refractivity contribution in [1.29, 1.82) is 0 Å². The highest BCUT2D eigenvalue weighted by molar-refractivity contribution is 7.15. The summed E-state index contributed by atoms with van der Waals surface area (Å²) in [6.07, 6.45) is 8.16. The summed E-state index contributed by atoms with van der Waals surface area (Å²) in [5, 5.41) is 13.8. The Labute approximate surface area is 163 Å². The number of nitrogens with zero attached hydrogens (tertiary/aromatic N) is 3. The van der Waals surface area contributed by atoms with Crippen molar-refractivity contribution in [2.75, 3.05) is 11.9 Å². The van der Waals surface area contributed by atoms with Gasteiger partial charge in [-0.2, -0.15) is 0 Å². The van der Waals surface area contributed by atoms with Crippen LogP contribution in [0.4, 0.5) is 11.6 Å². The molecule has 1 aliphatic carbocycles. The number of aliphatic hydroxyl groups excluding tert-OH is 1. The monoisotopic (exact) mass is 380 g/mol. The van der Waals surface area contributed by atoms with Gasteiger partial charge in [0.2, 0.25) is 0 Å². The second kappa shape index (κ2) is 8.15. The minimum absolute atomic E-state index is 0.315. The molecule has 0 unspecified atom stereocenters. The number of aromatic nitrogens is 3. The lowest BCUT2D eigenvalue weighted by Crippen LogP contribution is -2.15. The molecule has 0 saturated heterocycles. The molecule has 3 aromatic rings. The van der Waals surface area contributed by atoms with Gasteiger partial charge < -0.3 is 10.4 Å². The van der Waals surface area contributed by atoms with E-state index in [1.165, 1.54) is 5.01 Å². The van der Waals surface area contributed by atoms with Crippen LogP contribution in [0.2, 0.25) is 0 Å². The molecule has 2 N–H and O–H groups in total. The molecule has 3 heterocycles. The predicted octanol–water partition coefficient (Wildman–Crippen LogP) is 4.92. The minimum Gasteiger partial charge on any atom is -0.396 e. The van der Waals surface area contributed by atoms with E-state index in [2.05, 4.69) is 15.3 Å². The summed E-state index contributed by atoms with van der Waals surface area (Å²) in [6.45, 7) is 2.36. The van der Waals surface area contributed by atoms with Crippen LogP contribution >= 0.6 is 11.3 Å². The van der Waals surface area contributed by atoms with Gasteiger partial charge in [-0.05, 0) is 68.4 Å². The molecular weight excluding hydrogens is 356 g/mol. The highest BCUT2D eigenvalue weighted by Gasteiger charge is 2.24. The molecule has 27 heavy (non-hydrogen) atoms. The first-order valence-electron chi connectivity index (χ1n) is 9.45. The standard InChI is InChI=1S/C21H24N4OS/c1-14-9-10-22-20(11-14)25-19-4-2-3-17(24-19)18-12-23-21(27-18)16-7-5-15(13-26)6-8-16/h2-4,9-12,15-16,26H,5-8,13H2,1H3,(H,22,24,25). The predicted molar refractivity (Wildman–Crippen MR) is 109 cm³/mol. The van der Waals surface area contributed by atoms with E-state index >= 15 is 0 Å². The maximum atomic E-state index is 9.32. The molecule has 1 aliphatic rings. The molecule has 0 spiro atoms. The van der Waals surface area contributed by atoms with Gasteiger partial charge in [-0.1, -0.05) is 6.07 Å². The Balaban J connectivity index is 1.49.